The Hall–Kier alpha value is -1.59. The largest absolute Gasteiger partial charge is 0.445 e. The van der Waals surface area contributed by atoms with Crippen LogP contribution in [0.2, 0.25) is 0 Å². The molecule has 0 saturated carbocycles. The summed E-state index contributed by atoms with van der Waals surface area (Å²) in [6.45, 7) is 7.43. The van der Waals surface area contributed by atoms with Gasteiger partial charge in [0.05, 0.1) is 0 Å². The fourth-order valence-corrected chi connectivity index (χ4v) is 0.695. The molecular formula is C8H16N6. The summed E-state index contributed by atoms with van der Waals surface area (Å²) in [6, 6.07) is 0. The smallest absolute Gasteiger partial charge is 0.145 e. The molecule has 0 aliphatic heterocycles. The van der Waals surface area contributed by atoms with Crippen molar-refractivity contribution >= 4 is 18.4 Å². The molecule has 0 unspecified atom stereocenters. The first-order valence-electron chi connectivity index (χ1n) is 4.14. The van der Waals surface area contributed by atoms with Crippen molar-refractivity contribution in [1.82, 2.24) is 0 Å². The summed E-state index contributed by atoms with van der Waals surface area (Å²) in [6.07, 6.45) is 0. The molecule has 0 heterocycles. The van der Waals surface area contributed by atoms with Crippen LogP contribution in [0, 0.1) is 0 Å². The summed E-state index contributed by atoms with van der Waals surface area (Å²) >= 11 is 0. The maximum Gasteiger partial charge on any atom is 0.145 e. The molecule has 14 heavy (non-hydrogen) atoms. The third-order valence-corrected chi connectivity index (χ3v) is 1.16. The first-order valence-corrected chi connectivity index (χ1v) is 4.14. The van der Waals surface area contributed by atoms with E-state index in [1.807, 2.05) is 0 Å². The number of hydrogen-bond acceptors (Lipinski definition) is 3. The number of aliphatic imine (C=N–C) groups is 2. The van der Waals surface area contributed by atoms with E-state index >= 15 is 0 Å². The van der Waals surface area contributed by atoms with Gasteiger partial charge >= 0.3 is 0 Å². The number of rotatable bonds is 3. The summed E-state index contributed by atoms with van der Waals surface area (Å²) in [5.41, 5.74) is 3.97. The van der Waals surface area contributed by atoms with Crippen molar-refractivity contribution in [3.8, 4) is 0 Å². The molecule has 0 aliphatic rings. The van der Waals surface area contributed by atoms with Gasteiger partial charge < -0.3 is 4.99 Å². The Morgan fingerprint density at radius 3 is 2.50 bits per heavy atom. The Kier molecular flexibility index (Phi) is 6.09. The average Bonchev–Trinajstić information content (AvgIpc) is 2.02. The molecule has 0 aromatic carbocycles. The Bertz CT molecular complexity index is 276. The van der Waals surface area contributed by atoms with Crippen LogP contribution < -0.4 is 0 Å². The summed E-state index contributed by atoms with van der Waals surface area (Å²) in [7, 11) is 3.33. The van der Waals surface area contributed by atoms with Gasteiger partial charge in [-0.25, -0.2) is 5.43 Å². The van der Waals surface area contributed by atoms with Crippen LogP contribution >= 0.6 is 0 Å². The predicted molar refractivity (Wildman–Crippen MR) is 58.5 cm³/mol. The van der Waals surface area contributed by atoms with E-state index in [1.54, 1.807) is 27.9 Å². The van der Waals surface area contributed by atoms with Crippen LogP contribution in [0.5, 0.6) is 0 Å². The molecule has 0 spiro atoms. The Morgan fingerprint density at radius 1 is 1.36 bits per heavy atom. The van der Waals surface area contributed by atoms with E-state index in [-0.39, 0.29) is 0 Å². The first-order chi connectivity index (χ1) is 6.56. The van der Waals surface area contributed by atoms with Crippen LogP contribution in [-0.2, 0) is 0 Å². The fourth-order valence-electron chi connectivity index (χ4n) is 0.695. The van der Waals surface area contributed by atoms with Gasteiger partial charge in [0.1, 0.15) is 19.6 Å². The zero-order chi connectivity index (χ0) is 11.0. The molecule has 0 saturated heterocycles. The fraction of sp³-hybridized carbons (Fsp3) is 0.625. The summed E-state index contributed by atoms with van der Waals surface area (Å²) < 4.78 is 1.45. The molecule has 0 aliphatic carbocycles. The van der Waals surface area contributed by atoms with Crippen molar-refractivity contribution in [3.05, 3.63) is 5.43 Å². The van der Waals surface area contributed by atoms with Crippen molar-refractivity contribution in [2.75, 3.05) is 20.8 Å². The van der Waals surface area contributed by atoms with Gasteiger partial charge in [-0.1, -0.05) is 0 Å². The first kappa shape index (κ1) is 12.4. The minimum atomic E-state index is 0.314. The molecule has 0 aromatic rings. The second-order valence-corrected chi connectivity index (χ2v) is 2.61. The number of azo groups is 1. The van der Waals surface area contributed by atoms with E-state index in [9.17, 15) is 0 Å². The average molecular weight is 196 g/mol. The van der Waals surface area contributed by atoms with Gasteiger partial charge in [0.25, 0.3) is 0 Å². The summed E-state index contributed by atoms with van der Waals surface area (Å²) in [5.74, 6) is 1.24. The number of nitrogens with zero attached hydrogens (tertiary/aromatic N) is 6. The van der Waals surface area contributed by atoms with Crippen molar-refractivity contribution in [1.29, 1.82) is 0 Å². The topological polar surface area (TPSA) is 66.5 Å². The van der Waals surface area contributed by atoms with Gasteiger partial charge in [-0.15, -0.1) is 5.11 Å². The molecule has 0 N–H and O–H groups in total. The Balaban J connectivity index is 4.03. The standard InChI is InChI=1S/C8H16N6/c1-7(12-9-3)10-6-11-8(2)13-14(4)5/h4,6H2,1-3,5H3. The van der Waals surface area contributed by atoms with Gasteiger partial charge in [0, 0.05) is 13.7 Å². The molecule has 0 rings (SSSR count). The maximum absolute atomic E-state index is 4.07. The number of hydrogen-bond donors (Lipinski definition) is 0. The monoisotopic (exact) mass is 196 g/mol. The predicted octanol–water partition coefficient (Wildman–Crippen LogP) is 1.49. The van der Waals surface area contributed by atoms with Crippen LogP contribution in [0.1, 0.15) is 13.8 Å². The van der Waals surface area contributed by atoms with Gasteiger partial charge in [-0.3, -0.25) is 4.99 Å². The molecule has 0 fully saturated rings. The lowest BCUT2D eigenvalue weighted by Gasteiger charge is -2.06. The summed E-state index contributed by atoms with van der Waals surface area (Å²) in [5, 5.41) is 7.32. The third kappa shape index (κ3) is 7.08. The van der Waals surface area contributed by atoms with E-state index in [4.69, 9.17) is 0 Å². The molecule has 0 amide bonds. The van der Waals surface area contributed by atoms with Crippen molar-refractivity contribution < 1.29 is 4.68 Å². The van der Waals surface area contributed by atoms with Crippen LogP contribution in [0.4, 0.5) is 0 Å². The van der Waals surface area contributed by atoms with Gasteiger partial charge in [0.15, 0.2) is 0 Å². The SMILES string of the molecule is C=[N+](C)[N-]C(C)=NCN=C(C)N=NC. The van der Waals surface area contributed by atoms with Crippen LogP contribution in [0.3, 0.4) is 0 Å². The third-order valence-electron chi connectivity index (χ3n) is 1.16. The molecule has 0 bridgehead atoms. The molecule has 6 nitrogen and oxygen atoms in total. The lowest BCUT2D eigenvalue weighted by atomic mass is 10.7. The lowest BCUT2D eigenvalue weighted by Crippen LogP contribution is -2.01. The zero-order valence-corrected chi connectivity index (χ0v) is 9.10. The second-order valence-electron chi connectivity index (χ2n) is 2.61. The van der Waals surface area contributed by atoms with E-state index < -0.39 is 0 Å². The van der Waals surface area contributed by atoms with E-state index in [0.717, 1.165) is 0 Å². The molecular weight excluding hydrogens is 180 g/mol. The Labute approximate surface area is 84.2 Å². The van der Waals surface area contributed by atoms with E-state index in [2.05, 4.69) is 32.4 Å². The Morgan fingerprint density at radius 2 is 2.00 bits per heavy atom. The van der Waals surface area contributed by atoms with Crippen molar-refractivity contribution in [2.24, 2.45) is 20.2 Å². The van der Waals surface area contributed by atoms with Crippen molar-refractivity contribution in [3.63, 3.8) is 0 Å². The highest BCUT2D eigenvalue weighted by atomic mass is 15.4. The zero-order valence-electron chi connectivity index (χ0n) is 9.10. The van der Waals surface area contributed by atoms with Crippen LogP contribution in [0.15, 0.2) is 20.2 Å². The lowest BCUT2D eigenvalue weighted by molar-refractivity contribution is -0.425. The highest BCUT2D eigenvalue weighted by Crippen LogP contribution is 1.91. The molecule has 6 heteroatoms. The molecule has 0 atom stereocenters. The van der Waals surface area contributed by atoms with Crippen LogP contribution in [0.25, 0.3) is 5.43 Å². The molecule has 0 radical (unpaired) electrons. The van der Waals surface area contributed by atoms with Gasteiger partial charge in [-0.05, 0) is 19.7 Å². The highest BCUT2D eigenvalue weighted by Gasteiger charge is 1.83. The summed E-state index contributed by atoms with van der Waals surface area (Å²) in [4.78, 5) is 8.10. The molecule has 0 aromatic heterocycles. The quantitative estimate of drug-likeness (QED) is 0.216. The number of amidine groups is 2. The minimum absolute atomic E-state index is 0.314. The molecule has 78 valence electrons. The van der Waals surface area contributed by atoms with Crippen LogP contribution in [-0.4, -0.2) is 43.8 Å². The normalized spacial score (nSPS) is 13.4. The minimum Gasteiger partial charge on any atom is -0.445 e. The second kappa shape index (κ2) is 6.88. The van der Waals surface area contributed by atoms with Gasteiger partial charge in [0.2, 0.25) is 0 Å². The van der Waals surface area contributed by atoms with Crippen molar-refractivity contribution in [2.45, 2.75) is 13.8 Å². The van der Waals surface area contributed by atoms with Gasteiger partial charge in [-0.2, -0.15) is 9.80 Å². The van der Waals surface area contributed by atoms with E-state index in [1.165, 1.54) is 4.68 Å². The highest BCUT2D eigenvalue weighted by molar-refractivity contribution is 5.90. The maximum atomic E-state index is 4.07. The van der Waals surface area contributed by atoms with E-state index in [0.29, 0.717) is 18.3 Å².